The van der Waals surface area contributed by atoms with Gasteiger partial charge in [0, 0.05) is 12.3 Å². The van der Waals surface area contributed by atoms with Gasteiger partial charge in [-0.05, 0) is 32.1 Å². The number of ketones is 1. The third kappa shape index (κ3) is 1.92. The molecule has 3 heteroatoms. The van der Waals surface area contributed by atoms with E-state index in [4.69, 9.17) is 4.74 Å². The lowest BCUT2D eigenvalue weighted by molar-refractivity contribution is -0.153. The Labute approximate surface area is 90.2 Å². The molecule has 2 aliphatic carbocycles. The standard InChI is InChI=1S/C12H18O3/c1-2-15-12(14)10-6-7-11(13)9-5-3-4-8(9)10/h8-10H,2-7H2,1H3/t8-,9+,10+/m1/s1. The van der Waals surface area contributed by atoms with Gasteiger partial charge in [0.2, 0.25) is 0 Å². The molecule has 3 atom stereocenters. The highest BCUT2D eigenvalue weighted by molar-refractivity contribution is 5.85. The van der Waals surface area contributed by atoms with Gasteiger partial charge in [0.05, 0.1) is 12.5 Å². The third-order valence-electron chi connectivity index (χ3n) is 3.79. The van der Waals surface area contributed by atoms with Crippen LogP contribution in [0.25, 0.3) is 0 Å². The van der Waals surface area contributed by atoms with Crippen molar-refractivity contribution < 1.29 is 14.3 Å². The summed E-state index contributed by atoms with van der Waals surface area (Å²) in [6.45, 7) is 2.28. The van der Waals surface area contributed by atoms with Gasteiger partial charge in [-0.1, -0.05) is 6.42 Å². The zero-order chi connectivity index (χ0) is 10.8. The van der Waals surface area contributed by atoms with Crippen LogP contribution >= 0.6 is 0 Å². The van der Waals surface area contributed by atoms with E-state index < -0.39 is 0 Å². The van der Waals surface area contributed by atoms with E-state index in [2.05, 4.69) is 0 Å². The second-order valence-corrected chi connectivity index (χ2v) is 4.56. The molecule has 2 aliphatic rings. The van der Waals surface area contributed by atoms with Crippen molar-refractivity contribution in [3.8, 4) is 0 Å². The van der Waals surface area contributed by atoms with Gasteiger partial charge >= 0.3 is 5.97 Å². The highest BCUT2D eigenvalue weighted by Crippen LogP contribution is 2.44. The number of carbonyl (C=O) groups excluding carboxylic acids is 2. The van der Waals surface area contributed by atoms with Crippen molar-refractivity contribution in [2.24, 2.45) is 17.8 Å². The van der Waals surface area contributed by atoms with Gasteiger partial charge < -0.3 is 4.74 Å². The molecule has 0 saturated heterocycles. The summed E-state index contributed by atoms with van der Waals surface area (Å²) < 4.78 is 5.07. The quantitative estimate of drug-likeness (QED) is 0.654. The summed E-state index contributed by atoms with van der Waals surface area (Å²) in [5.41, 5.74) is 0. The molecule has 0 aromatic rings. The normalized spacial score (nSPS) is 35.0. The van der Waals surface area contributed by atoms with Crippen molar-refractivity contribution in [3.63, 3.8) is 0 Å². The van der Waals surface area contributed by atoms with Gasteiger partial charge in [-0.2, -0.15) is 0 Å². The van der Waals surface area contributed by atoms with Crippen molar-refractivity contribution >= 4 is 11.8 Å². The Morgan fingerprint density at radius 2 is 2.20 bits per heavy atom. The summed E-state index contributed by atoms with van der Waals surface area (Å²) in [5.74, 6) is 0.730. The molecule has 2 fully saturated rings. The van der Waals surface area contributed by atoms with E-state index in [0.717, 1.165) is 19.3 Å². The highest BCUT2D eigenvalue weighted by Gasteiger charge is 2.44. The zero-order valence-corrected chi connectivity index (χ0v) is 9.20. The van der Waals surface area contributed by atoms with Gasteiger partial charge in [-0.15, -0.1) is 0 Å². The Bertz CT molecular complexity index is 272. The van der Waals surface area contributed by atoms with Crippen molar-refractivity contribution in [1.29, 1.82) is 0 Å². The van der Waals surface area contributed by atoms with Crippen LogP contribution < -0.4 is 0 Å². The zero-order valence-electron chi connectivity index (χ0n) is 9.20. The molecule has 0 unspecified atom stereocenters. The number of hydrogen-bond donors (Lipinski definition) is 0. The fourth-order valence-corrected chi connectivity index (χ4v) is 3.11. The van der Waals surface area contributed by atoms with Gasteiger partial charge in [0.1, 0.15) is 5.78 Å². The minimum Gasteiger partial charge on any atom is -0.466 e. The third-order valence-corrected chi connectivity index (χ3v) is 3.79. The molecule has 0 bridgehead atoms. The van der Waals surface area contributed by atoms with Crippen LogP contribution in [-0.4, -0.2) is 18.4 Å². The molecule has 84 valence electrons. The molecule has 0 amide bonds. The summed E-state index contributed by atoms with van der Waals surface area (Å²) >= 11 is 0. The molecule has 0 heterocycles. The average Bonchev–Trinajstić information content (AvgIpc) is 2.68. The van der Waals surface area contributed by atoms with Gasteiger partial charge in [0.15, 0.2) is 0 Å². The lowest BCUT2D eigenvalue weighted by Crippen LogP contribution is -2.36. The summed E-state index contributed by atoms with van der Waals surface area (Å²) in [7, 11) is 0. The first kappa shape index (κ1) is 10.7. The second kappa shape index (κ2) is 4.33. The fourth-order valence-electron chi connectivity index (χ4n) is 3.11. The molecule has 2 rings (SSSR count). The minimum absolute atomic E-state index is 0.00449. The van der Waals surface area contributed by atoms with E-state index in [1.165, 1.54) is 0 Å². The van der Waals surface area contributed by atoms with E-state index in [1.807, 2.05) is 6.92 Å². The van der Waals surface area contributed by atoms with Gasteiger partial charge in [-0.3, -0.25) is 9.59 Å². The topological polar surface area (TPSA) is 43.4 Å². The highest BCUT2D eigenvalue weighted by atomic mass is 16.5. The maximum Gasteiger partial charge on any atom is 0.309 e. The Kier molecular flexibility index (Phi) is 3.08. The van der Waals surface area contributed by atoms with Gasteiger partial charge in [0.25, 0.3) is 0 Å². The number of carbonyl (C=O) groups is 2. The fraction of sp³-hybridized carbons (Fsp3) is 0.833. The van der Waals surface area contributed by atoms with Crippen molar-refractivity contribution in [1.82, 2.24) is 0 Å². The molecule has 0 radical (unpaired) electrons. The molecule has 3 nitrogen and oxygen atoms in total. The Balaban J connectivity index is 2.07. The lowest BCUT2D eigenvalue weighted by atomic mass is 9.73. The first-order valence-electron chi connectivity index (χ1n) is 5.93. The van der Waals surface area contributed by atoms with Crippen molar-refractivity contribution in [2.45, 2.75) is 39.0 Å². The Morgan fingerprint density at radius 3 is 2.93 bits per heavy atom. The predicted octanol–water partition coefficient (Wildman–Crippen LogP) is 1.94. The van der Waals surface area contributed by atoms with Crippen LogP contribution in [0.5, 0.6) is 0 Å². The SMILES string of the molecule is CCOC(=O)[C@H]1CCC(=O)[C@H]2CCC[C@H]21. The first-order valence-corrected chi connectivity index (χ1v) is 5.93. The number of rotatable bonds is 2. The second-order valence-electron chi connectivity index (χ2n) is 4.56. The maximum atomic E-state index is 11.7. The van der Waals surface area contributed by atoms with E-state index in [-0.39, 0.29) is 23.7 Å². The van der Waals surface area contributed by atoms with Crippen LogP contribution in [0.1, 0.15) is 39.0 Å². The van der Waals surface area contributed by atoms with Gasteiger partial charge in [-0.25, -0.2) is 0 Å². The summed E-state index contributed by atoms with van der Waals surface area (Å²) in [5, 5.41) is 0. The smallest absolute Gasteiger partial charge is 0.309 e. The van der Waals surface area contributed by atoms with Crippen LogP contribution in [0.3, 0.4) is 0 Å². The molecule has 2 saturated carbocycles. The molecule has 0 aromatic carbocycles. The molecule has 0 aromatic heterocycles. The molecule has 0 N–H and O–H groups in total. The first-order chi connectivity index (χ1) is 7.24. The monoisotopic (exact) mass is 210 g/mol. The lowest BCUT2D eigenvalue weighted by Gasteiger charge is -2.31. The largest absolute Gasteiger partial charge is 0.466 e. The molecule has 15 heavy (non-hydrogen) atoms. The van der Waals surface area contributed by atoms with Crippen LogP contribution in [0.4, 0.5) is 0 Å². The van der Waals surface area contributed by atoms with Crippen LogP contribution in [0.2, 0.25) is 0 Å². The average molecular weight is 210 g/mol. The summed E-state index contributed by atoms with van der Waals surface area (Å²) in [6.07, 6.45) is 4.39. The summed E-state index contributed by atoms with van der Waals surface area (Å²) in [4.78, 5) is 23.4. The summed E-state index contributed by atoms with van der Waals surface area (Å²) in [6, 6.07) is 0. The maximum absolute atomic E-state index is 11.7. The molecule has 0 aliphatic heterocycles. The number of Topliss-reactive ketones (excluding diaryl/α,β-unsaturated/α-hetero) is 1. The van der Waals surface area contributed by atoms with E-state index in [9.17, 15) is 9.59 Å². The Hall–Kier alpha value is -0.860. The van der Waals surface area contributed by atoms with Crippen molar-refractivity contribution in [3.05, 3.63) is 0 Å². The van der Waals surface area contributed by atoms with Crippen molar-refractivity contribution in [2.75, 3.05) is 6.61 Å². The van der Waals surface area contributed by atoms with E-state index in [0.29, 0.717) is 25.2 Å². The number of hydrogen-bond acceptors (Lipinski definition) is 3. The van der Waals surface area contributed by atoms with E-state index in [1.54, 1.807) is 0 Å². The van der Waals surface area contributed by atoms with Crippen LogP contribution in [-0.2, 0) is 14.3 Å². The van der Waals surface area contributed by atoms with Crippen LogP contribution in [0.15, 0.2) is 0 Å². The molecular weight excluding hydrogens is 192 g/mol. The molecule has 0 spiro atoms. The number of ether oxygens (including phenoxy) is 1. The molecular formula is C12H18O3. The minimum atomic E-state index is -0.0816. The number of fused-ring (bicyclic) bond motifs is 1. The van der Waals surface area contributed by atoms with E-state index >= 15 is 0 Å². The Morgan fingerprint density at radius 1 is 1.40 bits per heavy atom. The van der Waals surface area contributed by atoms with Crippen LogP contribution in [0, 0.1) is 17.8 Å². The number of esters is 1. The predicted molar refractivity (Wildman–Crippen MR) is 55.2 cm³/mol.